The largest absolute Gasteiger partial charge is 0.459 e. The number of tetrazole rings is 1. The van der Waals surface area contributed by atoms with E-state index in [9.17, 15) is 9.59 Å². The van der Waals surface area contributed by atoms with Gasteiger partial charge in [0.05, 0.1) is 6.26 Å². The van der Waals surface area contributed by atoms with E-state index in [1.165, 1.54) is 16.6 Å². The van der Waals surface area contributed by atoms with Crippen molar-refractivity contribution >= 4 is 11.8 Å². The predicted molar refractivity (Wildman–Crippen MR) is 109 cm³/mol. The molecule has 1 aromatic carbocycles. The first-order valence-corrected chi connectivity index (χ1v) is 10.00. The minimum Gasteiger partial charge on any atom is -0.459 e. The molecule has 9 heteroatoms. The number of aromatic nitrogens is 4. The second-order valence-corrected chi connectivity index (χ2v) is 7.57. The van der Waals surface area contributed by atoms with E-state index in [-0.39, 0.29) is 18.4 Å². The van der Waals surface area contributed by atoms with Crippen molar-refractivity contribution in [2.24, 2.45) is 0 Å². The summed E-state index contributed by atoms with van der Waals surface area (Å²) in [6.45, 7) is 6.15. The Hall–Kier alpha value is -3.49. The van der Waals surface area contributed by atoms with E-state index < -0.39 is 0 Å². The van der Waals surface area contributed by atoms with Crippen LogP contribution in [0, 0.1) is 0 Å². The minimum absolute atomic E-state index is 0.0171. The second-order valence-electron chi connectivity index (χ2n) is 7.57. The lowest BCUT2D eigenvalue weighted by molar-refractivity contribution is -0.133. The molecule has 0 bridgehead atoms. The van der Waals surface area contributed by atoms with E-state index in [4.69, 9.17) is 4.42 Å². The lowest BCUT2D eigenvalue weighted by Crippen LogP contribution is -2.51. The van der Waals surface area contributed by atoms with Gasteiger partial charge >= 0.3 is 0 Å². The van der Waals surface area contributed by atoms with Crippen LogP contribution in [0.4, 0.5) is 0 Å². The van der Waals surface area contributed by atoms with Gasteiger partial charge in [-0.15, -0.1) is 10.2 Å². The number of piperazine rings is 1. The molecule has 30 heavy (non-hydrogen) atoms. The molecule has 0 aliphatic carbocycles. The van der Waals surface area contributed by atoms with Crippen LogP contribution in [-0.2, 0) is 11.3 Å². The summed E-state index contributed by atoms with van der Waals surface area (Å²) in [5, 5.41) is 12.4. The summed E-state index contributed by atoms with van der Waals surface area (Å²) < 4.78 is 5.16. The smallest absolute Gasteiger partial charge is 0.289 e. The highest BCUT2D eigenvalue weighted by atomic mass is 16.3. The summed E-state index contributed by atoms with van der Waals surface area (Å²) >= 11 is 0. The van der Waals surface area contributed by atoms with E-state index in [0.717, 1.165) is 5.56 Å². The topological polar surface area (TPSA) is 97.4 Å². The Kier molecular flexibility index (Phi) is 5.60. The van der Waals surface area contributed by atoms with Crippen LogP contribution in [0.1, 0.15) is 35.9 Å². The first-order chi connectivity index (χ1) is 14.5. The van der Waals surface area contributed by atoms with Crippen LogP contribution in [0.25, 0.3) is 11.4 Å². The molecule has 4 rings (SSSR count). The van der Waals surface area contributed by atoms with Gasteiger partial charge in [-0.25, -0.2) is 0 Å². The van der Waals surface area contributed by atoms with Crippen molar-refractivity contribution in [3.05, 3.63) is 54.0 Å². The Morgan fingerprint density at radius 2 is 1.73 bits per heavy atom. The molecular formula is C21H24N6O3. The molecule has 1 aliphatic heterocycles. The van der Waals surface area contributed by atoms with Crippen LogP contribution in [0.2, 0.25) is 0 Å². The van der Waals surface area contributed by atoms with Crippen molar-refractivity contribution < 1.29 is 14.0 Å². The number of hydrogen-bond donors (Lipinski definition) is 0. The fourth-order valence-corrected chi connectivity index (χ4v) is 3.38. The van der Waals surface area contributed by atoms with Crippen molar-refractivity contribution in [1.82, 2.24) is 30.0 Å². The number of nitrogens with zero attached hydrogens (tertiary/aromatic N) is 6. The lowest BCUT2D eigenvalue weighted by atomic mass is 10.0. The average molecular weight is 408 g/mol. The third kappa shape index (κ3) is 4.24. The lowest BCUT2D eigenvalue weighted by Gasteiger charge is -2.34. The molecule has 3 aromatic rings. The second kappa shape index (κ2) is 8.48. The highest BCUT2D eigenvalue weighted by Gasteiger charge is 2.26. The molecule has 9 nitrogen and oxygen atoms in total. The average Bonchev–Trinajstić information content (AvgIpc) is 3.46. The van der Waals surface area contributed by atoms with Crippen LogP contribution >= 0.6 is 0 Å². The Labute approximate surface area is 174 Å². The van der Waals surface area contributed by atoms with Crippen molar-refractivity contribution in [2.75, 3.05) is 26.2 Å². The third-order valence-corrected chi connectivity index (χ3v) is 5.22. The third-order valence-electron chi connectivity index (χ3n) is 5.22. The number of carbonyl (C=O) groups excluding carboxylic acids is 2. The van der Waals surface area contributed by atoms with Gasteiger partial charge in [-0.05, 0) is 28.8 Å². The van der Waals surface area contributed by atoms with Gasteiger partial charge < -0.3 is 14.2 Å². The maximum Gasteiger partial charge on any atom is 0.289 e. The van der Waals surface area contributed by atoms with Crippen LogP contribution < -0.4 is 0 Å². The molecule has 2 aromatic heterocycles. The summed E-state index contributed by atoms with van der Waals surface area (Å²) in [6.07, 6.45) is 1.48. The minimum atomic E-state index is -0.154. The monoisotopic (exact) mass is 408 g/mol. The van der Waals surface area contributed by atoms with Gasteiger partial charge in [-0.1, -0.05) is 38.1 Å². The van der Waals surface area contributed by atoms with Crippen LogP contribution in [0.5, 0.6) is 0 Å². The maximum absolute atomic E-state index is 12.6. The molecule has 0 spiro atoms. The van der Waals surface area contributed by atoms with E-state index >= 15 is 0 Å². The quantitative estimate of drug-likeness (QED) is 0.641. The highest BCUT2D eigenvalue weighted by molar-refractivity contribution is 5.91. The van der Waals surface area contributed by atoms with Crippen molar-refractivity contribution in [3.63, 3.8) is 0 Å². The Bertz CT molecular complexity index is 1000. The van der Waals surface area contributed by atoms with E-state index in [1.807, 2.05) is 12.1 Å². The van der Waals surface area contributed by atoms with Gasteiger partial charge in [0.15, 0.2) is 5.76 Å². The Morgan fingerprint density at radius 3 is 2.37 bits per heavy atom. The molecule has 2 amide bonds. The molecular weight excluding hydrogens is 384 g/mol. The van der Waals surface area contributed by atoms with Gasteiger partial charge in [0.25, 0.3) is 5.91 Å². The zero-order valence-corrected chi connectivity index (χ0v) is 17.1. The molecule has 1 fully saturated rings. The van der Waals surface area contributed by atoms with E-state index in [2.05, 4.69) is 41.4 Å². The summed E-state index contributed by atoms with van der Waals surface area (Å²) in [5.74, 6) is 1.01. The van der Waals surface area contributed by atoms with Gasteiger partial charge in [0.1, 0.15) is 6.54 Å². The maximum atomic E-state index is 12.6. The summed E-state index contributed by atoms with van der Waals surface area (Å²) in [5.41, 5.74) is 2.11. The molecule has 156 valence electrons. The zero-order valence-electron chi connectivity index (χ0n) is 17.1. The molecule has 0 N–H and O–H groups in total. The molecule has 0 unspecified atom stereocenters. The number of amides is 2. The van der Waals surface area contributed by atoms with Gasteiger partial charge in [-0.3, -0.25) is 9.59 Å². The zero-order chi connectivity index (χ0) is 21.1. The van der Waals surface area contributed by atoms with E-state index in [1.54, 1.807) is 21.9 Å². The van der Waals surface area contributed by atoms with Crippen LogP contribution in [0.15, 0.2) is 47.1 Å². The Morgan fingerprint density at radius 1 is 1.03 bits per heavy atom. The number of rotatable bonds is 5. The molecule has 0 saturated carbocycles. The molecule has 3 heterocycles. The number of hydrogen-bond acceptors (Lipinski definition) is 6. The number of benzene rings is 1. The molecule has 0 radical (unpaired) electrons. The van der Waals surface area contributed by atoms with Gasteiger partial charge in [-0.2, -0.15) is 4.80 Å². The molecule has 0 atom stereocenters. The first kappa shape index (κ1) is 19.8. The first-order valence-electron chi connectivity index (χ1n) is 10.00. The summed E-state index contributed by atoms with van der Waals surface area (Å²) in [4.78, 5) is 29.7. The van der Waals surface area contributed by atoms with Crippen LogP contribution in [-0.4, -0.2) is 68.0 Å². The predicted octanol–water partition coefficient (Wildman–Crippen LogP) is 2.04. The summed E-state index contributed by atoms with van der Waals surface area (Å²) in [6, 6.07) is 11.4. The van der Waals surface area contributed by atoms with Crippen molar-refractivity contribution in [2.45, 2.75) is 26.3 Å². The summed E-state index contributed by atoms with van der Waals surface area (Å²) in [7, 11) is 0. The van der Waals surface area contributed by atoms with Gasteiger partial charge in [0.2, 0.25) is 11.7 Å². The van der Waals surface area contributed by atoms with Gasteiger partial charge in [0, 0.05) is 31.7 Å². The van der Waals surface area contributed by atoms with E-state index in [0.29, 0.717) is 43.7 Å². The number of carbonyl (C=O) groups is 2. The normalized spacial score (nSPS) is 14.4. The fourth-order valence-electron chi connectivity index (χ4n) is 3.38. The van der Waals surface area contributed by atoms with Crippen LogP contribution in [0.3, 0.4) is 0 Å². The van der Waals surface area contributed by atoms with Crippen molar-refractivity contribution in [3.8, 4) is 11.4 Å². The van der Waals surface area contributed by atoms with Crippen molar-refractivity contribution in [1.29, 1.82) is 0 Å². The highest BCUT2D eigenvalue weighted by Crippen LogP contribution is 2.19. The Balaban J connectivity index is 1.32. The SMILES string of the molecule is CC(C)c1ccc(-c2nnn(CC(=O)N3CCN(C(=O)c4ccco4)CC3)n2)cc1. The molecule has 1 aliphatic rings. The molecule has 1 saturated heterocycles. The standard InChI is InChI=1S/C21H24N6O3/c1-15(2)16-5-7-17(8-6-16)20-22-24-27(23-20)14-19(28)25-9-11-26(12-10-25)21(29)18-4-3-13-30-18/h3-8,13,15H,9-12,14H2,1-2H3. The fraction of sp³-hybridized carbons (Fsp3) is 0.381. The number of furan rings is 1.